The summed E-state index contributed by atoms with van der Waals surface area (Å²) < 4.78 is 0. The number of hydrogen-bond acceptors (Lipinski definition) is 3. The van der Waals surface area contributed by atoms with E-state index in [1.807, 2.05) is 60.7 Å². The lowest BCUT2D eigenvalue weighted by Gasteiger charge is -2.48. The Hall–Kier alpha value is -2.04. The lowest BCUT2D eigenvalue weighted by molar-refractivity contribution is -0.0652. The van der Waals surface area contributed by atoms with E-state index in [4.69, 9.17) is 28.9 Å². The van der Waals surface area contributed by atoms with Crippen LogP contribution in [0.3, 0.4) is 0 Å². The number of aliphatic hydroxyl groups is 1. The number of piperidine rings is 1. The fourth-order valence-corrected chi connectivity index (χ4v) is 6.18. The van der Waals surface area contributed by atoms with Crippen molar-refractivity contribution >= 4 is 28.9 Å². The average molecular weight is 453 g/mol. The minimum atomic E-state index is -0.917. The fourth-order valence-electron chi connectivity index (χ4n) is 5.70. The molecule has 0 saturated carbocycles. The van der Waals surface area contributed by atoms with Gasteiger partial charge in [0.1, 0.15) is 0 Å². The second-order valence-corrected chi connectivity index (χ2v) is 9.62. The van der Waals surface area contributed by atoms with Crippen LogP contribution in [0.25, 0.3) is 0 Å². The molecule has 2 unspecified atom stereocenters. The van der Waals surface area contributed by atoms with Crippen molar-refractivity contribution in [2.24, 2.45) is 0 Å². The van der Waals surface area contributed by atoms with Crippen molar-refractivity contribution in [3.63, 3.8) is 0 Å². The van der Waals surface area contributed by atoms with E-state index in [-0.39, 0.29) is 18.1 Å². The number of para-hydroxylation sites is 1. The highest BCUT2D eigenvalue weighted by Crippen LogP contribution is 2.52. The van der Waals surface area contributed by atoms with Gasteiger partial charge in [0.2, 0.25) is 0 Å². The number of benzene rings is 3. The van der Waals surface area contributed by atoms with Crippen molar-refractivity contribution < 1.29 is 5.11 Å². The number of rotatable bonds is 4. The van der Waals surface area contributed by atoms with E-state index in [1.54, 1.807) is 0 Å². The lowest BCUT2D eigenvalue weighted by Crippen LogP contribution is -2.51. The second kappa shape index (κ2) is 8.14. The third-order valence-electron chi connectivity index (χ3n) is 6.98. The van der Waals surface area contributed by atoms with Crippen LogP contribution in [-0.2, 0) is 5.60 Å². The molecule has 5 heteroatoms. The van der Waals surface area contributed by atoms with Crippen LogP contribution in [0, 0.1) is 0 Å². The van der Waals surface area contributed by atoms with Gasteiger partial charge in [0.15, 0.2) is 0 Å². The molecular weight excluding hydrogens is 427 g/mol. The fraction of sp³-hybridized carbons (Fsp3) is 0.308. The molecule has 2 bridgehead atoms. The van der Waals surface area contributed by atoms with Gasteiger partial charge in [0.05, 0.1) is 11.6 Å². The predicted octanol–water partition coefficient (Wildman–Crippen LogP) is 6.18. The van der Waals surface area contributed by atoms with E-state index in [9.17, 15) is 5.11 Å². The smallest absolute Gasteiger partial charge is 0.0946 e. The molecule has 160 valence electrons. The van der Waals surface area contributed by atoms with E-state index in [1.165, 1.54) is 0 Å². The van der Waals surface area contributed by atoms with Crippen LogP contribution in [-0.4, -0.2) is 22.1 Å². The van der Waals surface area contributed by atoms with Crippen LogP contribution in [0.4, 0.5) is 5.69 Å². The molecule has 3 aromatic carbocycles. The first kappa shape index (κ1) is 20.8. The van der Waals surface area contributed by atoms with Crippen molar-refractivity contribution in [1.29, 1.82) is 0 Å². The summed E-state index contributed by atoms with van der Waals surface area (Å²) in [5, 5.41) is 13.2. The molecule has 2 fully saturated rings. The number of anilines is 1. The third kappa shape index (κ3) is 3.64. The highest BCUT2D eigenvalue weighted by molar-refractivity contribution is 6.32. The van der Waals surface area contributed by atoms with Crippen LogP contribution in [0.5, 0.6) is 0 Å². The van der Waals surface area contributed by atoms with Gasteiger partial charge in [-0.05, 0) is 55.0 Å². The SMILES string of the molecule is Nc1ccccc1C1(O)CC2CCC(C1)N2C(c1ccccc1Cl)c1ccccc1Cl. The van der Waals surface area contributed by atoms with Gasteiger partial charge in [-0.1, -0.05) is 77.8 Å². The summed E-state index contributed by atoms with van der Waals surface area (Å²) >= 11 is 13.4. The van der Waals surface area contributed by atoms with Gasteiger partial charge in [-0.25, -0.2) is 0 Å². The van der Waals surface area contributed by atoms with Crippen molar-refractivity contribution in [3.05, 3.63) is 99.5 Å². The molecule has 0 amide bonds. The molecule has 2 aliphatic rings. The minimum Gasteiger partial charge on any atom is -0.398 e. The molecular formula is C26H26Cl2N2O. The number of nitrogens with two attached hydrogens (primary N) is 1. The summed E-state index contributed by atoms with van der Waals surface area (Å²) in [6, 6.07) is 24.1. The van der Waals surface area contributed by atoms with E-state index in [0.29, 0.717) is 18.5 Å². The van der Waals surface area contributed by atoms with Crippen LogP contribution in [0.1, 0.15) is 48.4 Å². The molecule has 2 aliphatic heterocycles. The Morgan fingerprint density at radius 2 is 1.29 bits per heavy atom. The molecule has 0 spiro atoms. The highest BCUT2D eigenvalue weighted by atomic mass is 35.5. The molecule has 2 heterocycles. The van der Waals surface area contributed by atoms with E-state index in [0.717, 1.165) is 39.6 Å². The summed E-state index contributed by atoms with van der Waals surface area (Å²) in [7, 11) is 0. The quantitative estimate of drug-likeness (QED) is 0.464. The standard InChI is InChI=1S/C26H26Cl2N2O/c27-22-10-4-1-7-19(22)25(20-8-2-5-11-23(20)28)30-17-13-14-18(30)16-26(31,15-17)21-9-3-6-12-24(21)29/h1-12,17-18,25,31H,13-16,29H2. The molecule has 3 N–H and O–H groups in total. The minimum absolute atomic E-state index is 0.0578. The number of halogens is 2. The summed E-state index contributed by atoms with van der Waals surface area (Å²) in [4.78, 5) is 2.54. The number of nitrogens with zero attached hydrogens (tertiary/aromatic N) is 1. The maximum absolute atomic E-state index is 11.7. The Kier molecular flexibility index (Phi) is 5.47. The zero-order valence-electron chi connectivity index (χ0n) is 17.2. The maximum Gasteiger partial charge on any atom is 0.0946 e. The summed E-state index contributed by atoms with van der Waals surface area (Å²) in [6.45, 7) is 0. The molecule has 0 aliphatic carbocycles. The van der Waals surface area contributed by atoms with Gasteiger partial charge in [0.25, 0.3) is 0 Å². The zero-order valence-corrected chi connectivity index (χ0v) is 18.7. The van der Waals surface area contributed by atoms with Crippen molar-refractivity contribution in [1.82, 2.24) is 4.90 Å². The Balaban J connectivity index is 1.57. The van der Waals surface area contributed by atoms with Gasteiger partial charge in [-0.2, -0.15) is 0 Å². The van der Waals surface area contributed by atoms with Crippen LogP contribution >= 0.6 is 23.2 Å². The molecule has 0 radical (unpaired) electrons. The Morgan fingerprint density at radius 3 is 1.81 bits per heavy atom. The molecule has 2 atom stereocenters. The van der Waals surface area contributed by atoms with E-state index < -0.39 is 5.60 Å². The molecule has 0 aromatic heterocycles. The van der Waals surface area contributed by atoms with Gasteiger partial charge in [0, 0.05) is 33.4 Å². The van der Waals surface area contributed by atoms with Crippen LogP contribution in [0.2, 0.25) is 10.0 Å². The largest absolute Gasteiger partial charge is 0.398 e. The monoisotopic (exact) mass is 452 g/mol. The van der Waals surface area contributed by atoms with E-state index in [2.05, 4.69) is 17.0 Å². The van der Waals surface area contributed by atoms with Crippen LogP contribution < -0.4 is 5.73 Å². The normalized spacial score (nSPS) is 25.8. The van der Waals surface area contributed by atoms with Gasteiger partial charge >= 0.3 is 0 Å². The van der Waals surface area contributed by atoms with Crippen molar-refractivity contribution in [3.8, 4) is 0 Å². The van der Waals surface area contributed by atoms with Gasteiger partial charge in [-0.15, -0.1) is 0 Å². The Bertz CT molecular complexity index is 1040. The predicted molar refractivity (Wildman–Crippen MR) is 127 cm³/mol. The topological polar surface area (TPSA) is 49.5 Å². The molecule has 31 heavy (non-hydrogen) atoms. The summed E-state index contributed by atoms with van der Waals surface area (Å²) in [5.74, 6) is 0. The first-order valence-electron chi connectivity index (χ1n) is 10.8. The number of hydrogen-bond donors (Lipinski definition) is 2. The van der Waals surface area contributed by atoms with Crippen molar-refractivity contribution in [2.75, 3.05) is 5.73 Å². The average Bonchev–Trinajstić information content (AvgIpc) is 3.02. The first-order valence-corrected chi connectivity index (χ1v) is 11.6. The number of nitrogen functional groups attached to an aromatic ring is 1. The third-order valence-corrected chi connectivity index (χ3v) is 7.67. The highest BCUT2D eigenvalue weighted by Gasteiger charge is 2.51. The summed E-state index contributed by atoms with van der Waals surface area (Å²) in [6.07, 6.45) is 3.35. The van der Waals surface area contributed by atoms with E-state index >= 15 is 0 Å². The lowest BCUT2D eigenvalue weighted by atomic mass is 9.78. The number of fused-ring (bicyclic) bond motifs is 2. The second-order valence-electron chi connectivity index (χ2n) is 8.80. The van der Waals surface area contributed by atoms with Crippen LogP contribution in [0.15, 0.2) is 72.8 Å². The summed E-state index contributed by atoms with van der Waals surface area (Å²) in [5.41, 5.74) is 8.95. The first-order chi connectivity index (χ1) is 15.0. The molecule has 3 nitrogen and oxygen atoms in total. The molecule has 3 aromatic rings. The van der Waals surface area contributed by atoms with Gasteiger partial charge in [-0.3, -0.25) is 4.90 Å². The van der Waals surface area contributed by atoms with Gasteiger partial charge < -0.3 is 10.8 Å². The molecule has 2 saturated heterocycles. The Labute approximate surface area is 193 Å². The Morgan fingerprint density at radius 1 is 0.806 bits per heavy atom. The zero-order chi connectivity index (χ0) is 21.6. The maximum atomic E-state index is 11.7. The van der Waals surface area contributed by atoms with Crippen molar-refractivity contribution in [2.45, 2.75) is 49.4 Å². The molecule has 5 rings (SSSR count).